The summed E-state index contributed by atoms with van der Waals surface area (Å²) in [6, 6.07) is 0. The zero-order valence-electron chi connectivity index (χ0n) is 32.8. The fourth-order valence-corrected chi connectivity index (χ4v) is 5.95. The molecule has 0 N–H and O–H groups in total. The number of carbonyl (C=O) groups excluding carboxylic acids is 2. The monoisotopic (exact) mass is 730 g/mol. The van der Waals surface area contributed by atoms with Gasteiger partial charge in [-0.2, -0.15) is 0 Å². The van der Waals surface area contributed by atoms with Crippen molar-refractivity contribution >= 4 is 19.8 Å². The highest BCUT2D eigenvalue weighted by Crippen LogP contribution is 2.38. The van der Waals surface area contributed by atoms with E-state index in [4.69, 9.17) is 18.5 Å². The van der Waals surface area contributed by atoms with E-state index < -0.39 is 32.5 Å². The number of phosphoric acid groups is 1. The highest BCUT2D eigenvalue weighted by atomic mass is 31.2. The van der Waals surface area contributed by atoms with Gasteiger partial charge < -0.3 is 27.9 Å². The molecule has 294 valence electrons. The molecule has 0 heterocycles. The minimum absolute atomic E-state index is 0.0329. The topological polar surface area (TPSA) is 111 Å². The van der Waals surface area contributed by atoms with E-state index in [0.29, 0.717) is 17.4 Å². The van der Waals surface area contributed by atoms with Crippen LogP contribution in [0.2, 0.25) is 0 Å². The Labute approximate surface area is 307 Å². The van der Waals surface area contributed by atoms with Gasteiger partial charge in [0, 0.05) is 12.8 Å². The molecule has 10 heteroatoms. The third-order valence-electron chi connectivity index (χ3n) is 8.44. The van der Waals surface area contributed by atoms with E-state index in [9.17, 15) is 19.0 Å². The number of rotatable bonds is 36. The number of hydrogen-bond donors (Lipinski definition) is 0. The Hall–Kier alpha value is -1.51. The van der Waals surface area contributed by atoms with Crippen molar-refractivity contribution in [3.05, 3.63) is 24.3 Å². The summed E-state index contributed by atoms with van der Waals surface area (Å²) in [4.78, 5) is 37.3. The van der Waals surface area contributed by atoms with Crippen LogP contribution in [0.5, 0.6) is 0 Å². The quantitative estimate of drug-likeness (QED) is 0.0206. The van der Waals surface area contributed by atoms with E-state index in [1.807, 2.05) is 21.1 Å². The smallest absolute Gasteiger partial charge is 0.306 e. The van der Waals surface area contributed by atoms with Crippen LogP contribution in [0.1, 0.15) is 168 Å². The highest BCUT2D eigenvalue weighted by Gasteiger charge is 2.21. The molecule has 9 nitrogen and oxygen atoms in total. The molecule has 0 aliphatic carbocycles. The number of nitrogens with zero attached hydrogens (tertiary/aromatic N) is 1. The largest absolute Gasteiger partial charge is 0.756 e. The van der Waals surface area contributed by atoms with E-state index in [0.717, 1.165) is 77.0 Å². The average molecular weight is 730 g/mol. The van der Waals surface area contributed by atoms with Crippen molar-refractivity contribution in [2.45, 2.75) is 174 Å². The Kier molecular flexibility index (Phi) is 32.3. The van der Waals surface area contributed by atoms with E-state index in [1.54, 1.807) is 0 Å². The SMILES string of the molecule is CCCC/C=C\CCCCCCCC(=O)O[C@H](COC(=O)CCCCCCC/C=C\CCCCCCCC)COP(=O)([O-])OCC[N+](C)(C)C. The van der Waals surface area contributed by atoms with Crippen LogP contribution in [0.15, 0.2) is 24.3 Å². The average Bonchev–Trinajstić information content (AvgIpc) is 3.06. The molecule has 0 saturated heterocycles. The molecular weight excluding hydrogens is 653 g/mol. The summed E-state index contributed by atoms with van der Waals surface area (Å²) in [5, 5.41) is 0. The van der Waals surface area contributed by atoms with Crippen LogP contribution < -0.4 is 4.89 Å². The predicted molar refractivity (Wildman–Crippen MR) is 204 cm³/mol. The summed E-state index contributed by atoms with van der Waals surface area (Å²) in [6.07, 6.45) is 33.5. The summed E-state index contributed by atoms with van der Waals surface area (Å²) in [6.45, 7) is 4.15. The van der Waals surface area contributed by atoms with Gasteiger partial charge in [0.2, 0.25) is 0 Å². The van der Waals surface area contributed by atoms with Crippen LogP contribution in [0.3, 0.4) is 0 Å². The molecule has 0 saturated carbocycles. The molecule has 0 rings (SSSR count). The Morgan fingerprint density at radius 2 is 1.04 bits per heavy atom. The molecule has 0 amide bonds. The first-order valence-electron chi connectivity index (χ1n) is 20.0. The lowest BCUT2D eigenvalue weighted by Gasteiger charge is -2.28. The van der Waals surface area contributed by atoms with Crippen LogP contribution in [-0.2, 0) is 32.7 Å². The third-order valence-corrected chi connectivity index (χ3v) is 9.41. The first-order chi connectivity index (χ1) is 24.0. The molecule has 0 bridgehead atoms. The van der Waals surface area contributed by atoms with Gasteiger partial charge in [-0.1, -0.05) is 122 Å². The molecule has 0 aromatic rings. The van der Waals surface area contributed by atoms with Crippen molar-refractivity contribution in [3.63, 3.8) is 0 Å². The lowest BCUT2D eigenvalue weighted by molar-refractivity contribution is -0.870. The van der Waals surface area contributed by atoms with E-state index in [-0.39, 0.29) is 26.1 Å². The third kappa shape index (κ3) is 36.3. The number of quaternary nitrogens is 1. The van der Waals surface area contributed by atoms with Gasteiger partial charge in [0.1, 0.15) is 19.8 Å². The predicted octanol–water partition coefficient (Wildman–Crippen LogP) is 10.2. The van der Waals surface area contributed by atoms with Crippen molar-refractivity contribution in [1.29, 1.82) is 0 Å². The first kappa shape index (κ1) is 48.5. The van der Waals surface area contributed by atoms with Crippen molar-refractivity contribution in [2.24, 2.45) is 0 Å². The number of hydrogen-bond acceptors (Lipinski definition) is 8. The summed E-state index contributed by atoms with van der Waals surface area (Å²) in [7, 11) is 1.15. The standard InChI is InChI=1S/C40H76NO8P/c1-6-8-10-12-14-16-18-19-20-21-23-24-26-28-30-32-39(42)46-36-38(37-48-50(44,45)47-35-34-41(3,4)5)49-40(43)33-31-29-27-25-22-17-15-13-11-9-7-2/h13,15,19-20,38H,6-12,14,16-18,21-37H2,1-5H3/b15-13-,20-19-/t38-/m1/s1. The summed E-state index contributed by atoms with van der Waals surface area (Å²) >= 11 is 0. The lowest BCUT2D eigenvalue weighted by Crippen LogP contribution is -2.37. The number of carbonyl (C=O) groups is 2. The van der Waals surface area contributed by atoms with Gasteiger partial charge in [-0.05, 0) is 57.8 Å². The van der Waals surface area contributed by atoms with Crippen molar-refractivity contribution in [3.8, 4) is 0 Å². The summed E-state index contributed by atoms with van der Waals surface area (Å²) in [5.41, 5.74) is 0. The molecule has 0 aromatic heterocycles. The van der Waals surface area contributed by atoms with Crippen molar-refractivity contribution in [1.82, 2.24) is 0 Å². The highest BCUT2D eigenvalue weighted by molar-refractivity contribution is 7.45. The van der Waals surface area contributed by atoms with Gasteiger partial charge in [-0.15, -0.1) is 0 Å². The van der Waals surface area contributed by atoms with E-state index >= 15 is 0 Å². The molecule has 0 aliphatic heterocycles. The maximum atomic E-state index is 12.6. The molecule has 1 unspecified atom stereocenters. The molecular formula is C40H76NO8P. The van der Waals surface area contributed by atoms with Crippen molar-refractivity contribution in [2.75, 3.05) is 47.5 Å². The Balaban J connectivity index is 4.41. The molecule has 0 radical (unpaired) electrons. The van der Waals surface area contributed by atoms with Gasteiger partial charge in [-0.25, -0.2) is 0 Å². The minimum atomic E-state index is -4.62. The Morgan fingerprint density at radius 1 is 0.600 bits per heavy atom. The van der Waals surface area contributed by atoms with Crippen LogP contribution >= 0.6 is 7.82 Å². The normalized spacial score (nSPS) is 14.0. The van der Waals surface area contributed by atoms with Crippen LogP contribution in [0.4, 0.5) is 0 Å². The molecule has 50 heavy (non-hydrogen) atoms. The molecule has 0 aromatic carbocycles. The number of phosphoric ester groups is 1. The van der Waals surface area contributed by atoms with E-state index in [2.05, 4.69) is 38.2 Å². The van der Waals surface area contributed by atoms with Gasteiger partial charge in [0.05, 0.1) is 27.7 Å². The van der Waals surface area contributed by atoms with Crippen molar-refractivity contribution < 1.29 is 42.1 Å². The summed E-state index contributed by atoms with van der Waals surface area (Å²) < 4.78 is 33.7. The Morgan fingerprint density at radius 3 is 1.54 bits per heavy atom. The van der Waals surface area contributed by atoms with Gasteiger partial charge in [-0.3, -0.25) is 14.2 Å². The zero-order chi connectivity index (χ0) is 37.2. The number of unbranched alkanes of at least 4 members (excludes halogenated alkanes) is 18. The maximum Gasteiger partial charge on any atom is 0.306 e. The number of allylic oxidation sites excluding steroid dienone is 4. The molecule has 2 atom stereocenters. The number of ether oxygens (including phenoxy) is 2. The molecule has 0 spiro atoms. The molecule has 0 aliphatic rings. The number of likely N-dealkylation sites (N-methyl/N-ethyl adjacent to an activating group) is 1. The van der Waals surface area contributed by atoms with Crippen LogP contribution in [0, 0.1) is 0 Å². The fraction of sp³-hybridized carbons (Fsp3) is 0.850. The van der Waals surface area contributed by atoms with Crippen LogP contribution in [-0.4, -0.2) is 70.0 Å². The van der Waals surface area contributed by atoms with Gasteiger partial charge in [0.25, 0.3) is 7.82 Å². The summed E-state index contributed by atoms with van der Waals surface area (Å²) in [5.74, 6) is -0.856. The lowest BCUT2D eigenvalue weighted by atomic mass is 10.1. The van der Waals surface area contributed by atoms with Gasteiger partial charge >= 0.3 is 11.9 Å². The van der Waals surface area contributed by atoms with Gasteiger partial charge in [0.15, 0.2) is 6.10 Å². The fourth-order valence-electron chi connectivity index (χ4n) is 5.22. The second-order valence-corrected chi connectivity index (χ2v) is 16.1. The molecule has 0 fully saturated rings. The number of esters is 2. The first-order valence-corrected chi connectivity index (χ1v) is 21.5. The second-order valence-electron chi connectivity index (χ2n) is 14.6. The second kappa shape index (κ2) is 33.3. The maximum absolute atomic E-state index is 12.6. The van der Waals surface area contributed by atoms with E-state index in [1.165, 1.54) is 57.8 Å². The zero-order valence-corrected chi connectivity index (χ0v) is 33.7. The minimum Gasteiger partial charge on any atom is -0.756 e. The Bertz CT molecular complexity index is 918. The van der Waals surface area contributed by atoms with Crippen LogP contribution in [0.25, 0.3) is 0 Å².